The lowest BCUT2D eigenvalue weighted by atomic mass is 10.2. The molecule has 0 N–H and O–H groups in total. The topological polar surface area (TPSA) is 24.3 Å². The van der Waals surface area contributed by atoms with Gasteiger partial charge in [0, 0.05) is 50.6 Å². The minimum atomic E-state index is -0.0982. The van der Waals surface area contributed by atoms with Crippen LogP contribution in [0.1, 0.15) is 17.5 Å². The van der Waals surface area contributed by atoms with Gasteiger partial charge in [0.2, 0.25) is 0 Å². The molecule has 2 aromatic rings. The van der Waals surface area contributed by atoms with E-state index >= 15 is 0 Å². The van der Waals surface area contributed by atoms with E-state index in [1.807, 2.05) is 30.1 Å². The second-order valence-corrected chi connectivity index (χ2v) is 6.02. The number of aromatic nitrogens is 2. The van der Waals surface area contributed by atoms with Crippen molar-refractivity contribution >= 4 is 0 Å². The predicted octanol–water partition coefficient (Wildman–Crippen LogP) is 2.27. The fourth-order valence-corrected chi connectivity index (χ4v) is 3.02. The van der Waals surface area contributed by atoms with Crippen LogP contribution in [0.15, 0.2) is 36.7 Å². The Morgan fingerprint density at radius 1 is 1.05 bits per heavy atom. The van der Waals surface area contributed by atoms with Gasteiger partial charge in [-0.1, -0.05) is 18.2 Å². The van der Waals surface area contributed by atoms with Crippen LogP contribution in [0, 0.1) is 5.82 Å². The van der Waals surface area contributed by atoms with Crippen molar-refractivity contribution < 1.29 is 4.39 Å². The number of aryl methyl sites for hydroxylation is 1. The third-order valence-corrected chi connectivity index (χ3v) is 4.20. The summed E-state index contributed by atoms with van der Waals surface area (Å²) in [6.45, 7) is 5.76. The number of nitrogens with zero attached hydrogens (tertiary/aromatic N) is 4. The van der Waals surface area contributed by atoms with E-state index in [0.717, 1.165) is 44.7 Å². The largest absolute Gasteiger partial charge is 0.298 e. The van der Waals surface area contributed by atoms with Crippen LogP contribution in [-0.2, 0) is 20.1 Å². The fraction of sp³-hybridized carbons (Fsp3) is 0.471. The van der Waals surface area contributed by atoms with Gasteiger partial charge in [-0.3, -0.25) is 14.5 Å². The smallest absolute Gasteiger partial charge is 0.127 e. The summed E-state index contributed by atoms with van der Waals surface area (Å²) in [6.07, 6.45) is 5.12. The van der Waals surface area contributed by atoms with Gasteiger partial charge in [-0.25, -0.2) is 4.39 Å². The van der Waals surface area contributed by atoms with Crippen molar-refractivity contribution in [3.8, 4) is 0 Å². The second-order valence-electron chi connectivity index (χ2n) is 6.02. The number of rotatable bonds is 4. The Bertz CT molecular complexity index is 610. The van der Waals surface area contributed by atoms with Gasteiger partial charge in [0.1, 0.15) is 5.82 Å². The summed E-state index contributed by atoms with van der Waals surface area (Å²) in [4.78, 5) is 4.81. The van der Waals surface area contributed by atoms with Gasteiger partial charge in [-0.05, 0) is 25.6 Å². The first-order valence-corrected chi connectivity index (χ1v) is 7.86. The molecule has 1 aliphatic heterocycles. The van der Waals surface area contributed by atoms with Gasteiger partial charge in [0.15, 0.2) is 0 Å². The number of halogens is 1. The average molecular weight is 302 g/mol. The van der Waals surface area contributed by atoms with Gasteiger partial charge in [0.05, 0.1) is 6.20 Å². The molecule has 1 aliphatic rings. The molecule has 0 unspecified atom stereocenters. The zero-order chi connectivity index (χ0) is 15.4. The predicted molar refractivity (Wildman–Crippen MR) is 84.8 cm³/mol. The Balaban J connectivity index is 1.54. The molecule has 1 aromatic carbocycles. The zero-order valence-corrected chi connectivity index (χ0v) is 13.1. The molecule has 0 aliphatic carbocycles. The van der Waals surface area contributed by atoms with Crippen LogP contribution in [0.5, 0.6) is 0 Å². The van der Waals surface area contributed by atoms with Crippen LogP contribution in [0.3, 0.4) is 0 Å². The summed E-state index contributed by atoms with van der Waals surface area (Å²) < 4.78 is 15.6. The molecule has 0 bridgehead atoms. The van der Waals surface area contributed by atoms with E-state index in [2.05, 4.69) is 21.1 Å². The molecule has 0 spiro atoms. The molecule has 5 heteroatoms. The zero-order valence-electron chi connectivity index (χ0n) is 13.1. The van der Waals surface area contributed by atoms with Gasteiger partial charge >= 0.3 is 0 Å². The van der Waals surface area contributed by atoms with Crippen molar-refractivity contribution in [3.05, 3.63) is 53.6 Å². The van der Waals surface area contributed by atoms with Crippen molar-refractivity contribution in [2.24, 2.45) is 7.05 Å². The highest BCUT2D eigenvalue weighted by molar-refractivity contribution is 5.17. The summed E-state index contributed by atoms with van der Waals surface area (Å²) in [5.41, 5.74) is 2.05. The van der Waals surface area contributed by atoms with E-state index in [1.54, 1.807) is 12.1 Å². The number of hydrogen-bond acceptors (Lipinski definition) is 3. The highest BCUT2D eigenvalue weighted by atomic mass is 19.1. The Morgan fingerprint density at radius 3 is 2.45 bits per heavy atom. The van der Waals surface area contributed by atoms with Crippen molar-refractivity contribution in [2.45, 2.75) is 19.5 Å². The summed E-state index contributed by atoms with van der Waals surface area (Å²) in [5, 5.41) is 4.22. The van der Waals surface area contributed by atoms with Crippen molar-refractivity contribution in [3.63, 3.8) is 0 Å². The third kappa shape index (κ3) is 3.93. The molecule has 0 atom stereocenters. The normalized spacial score (nSPS) is 17.5. The molecule has 3 rings (SSSR count). The van der Waals surface area contributed by atoms with Gasteiger partial charge in [-0.15, -0.1) is 0 Å². The first kappa shape index (κ1) is 15.2. The maximum absolute atomic E-state index is 13.8. The van der Waals surface area contributed by atoms with Crippen molar-refractivity contribution in [1.29, 1.82) is 0 Å². The molecule has 2 heterocycles. The number of benzene rings is 1. The standard InChI is InChI=1S/C17H23FN4/c1-20-12-15(11-19-20)13-21-7-4-8-22(10-9-21)14-16-5-2-3-6-17(16)18/h2-3,5-6,11-12H,4,7-10,13-14H2,1H3. The molecule has 1 fully saturated rings. The Labute approximate surface area is 131 Å². The van der Waals surface area contributed by atoms with Crippen molar-refractivity contribution in [1.82, 2.24) is 19.6 Å². The third-order valence-electron chi connectivity index (χ3n) is 4.20. The van der Waals surface area contributed by atoms with Crippen LogP contribution < -0.4 is 0 Å². The summed E-state index contributed by atoms with van der Waals surface area (Å²) >= 11 is 0. The molecule has 1 saturated heterocycles. The van der Waals surface area contributed by atoms with Crippen LogP contribution >= 0.6 is 0 Å². The van der Waals surface area contributed by atoms with E-state index in [0.29, 0.717) is 6.54 Å². The minimum Gasteiger partial charge on any atom is -0.298 e. The molecule has 4 nitrogen and oxygen atoms in total. The molecule has 1 aromatic heterocycles. The summed E-state index contributed by atoms with van der Waals surface area (Å²) in [6, 6.07) is 7.08. The molecule has 0 radical (unpaired) electrons. The van der Waals surface area contributed by atoms with E-state index in [-0.39, 0.29) is 5.82 Å². The molecule has 22 heavy (non-hydrogen) atoms. The lowest BCUT2D eigenvalue weighted by Gasteiger charge is -2.21. The van der Waals surface area contributed by atoms with E-state index < -0.39 is 0 Å². The molecular weight excluding hydrogens is 279 g/mol. The van der Waals surface area contributed by atoms with Gasteiger partial charge in [-0.2, -0.15) is 5.10 Å². The van der Waals surface area contributed by atoms with Gasteiger partial charge < -0.3 is 0 Å². The maximum atomic E-state index is 13.8. The second kappa shape index (κ2) is 7.03. The van der Waals surface area contributed by atoms with E-state index in [4.69, 9.17) is 0 Å². The summed E-state index contributed by atoms with van der Waals surface area (Å²) in [7, 11) is 1.95. The monoisotopic (exact) mass is 302 g/mol. The SMILES string of the molecule is Cn1cc(CN2CCCN(Cc3ccccc3F)CC2)cn1. The van der Waals surface area contributed by atoms with Crippen LogP contribution in [0.4, 0.5) is 4.39 Å². The Hall–Kier alpha value is -1.72. The lowest BCUT2D eigenvalue weighted by Crippen LogP contribution is -2.30. The lowest BCUT2D eigenvalue weighted by molar-refractivity contribution is 0.245. The highest BCUT2D eigenvalue weighted by Gasteiger charge is 2.16. The molecule has 118 valence electrons. The maximum Gasteiger partial charge on any atom is 0.127 e. The summed E-state index contributed by atoms with van der Waals surface area (Å²) in [5.74, 6) is -0.0982. The van der Waals surface area contributed by atoms with Gasteiger partial charge in [0.25, 0.3) is 0 Å². The average Bonchev–Trinajstić information content (AvgIpc) is 2.78. The molecular formula is C17H23FN4. The quantitative estimate of drug-likeness (QED) is 0.866. The van der Waals surface area contributed by atoms with Crippen LogP contribution in [-0.4, -0.2) is 45.8 Å². The van der Waals surface area contributed by atoms with E-state index in [1.165, 1.54) is 5.56 Å². The Kier molecular flexibility index (Phi) is 4.85. The fourth-order valence-electron chi connectivity index (χ4n) is 3.02. The first-order valence-electron chi connectivity index (χ1n) is 7.86. The van der Waals surface area contributed by atoms with Crippen LogP contribution in [0.25, 0.3) is 0 Å². The number of hydrogen-bond donors (Lipinski definition) is 0. The highest BCUT2D eigenvalue weighted by Crippen LogP contribution is 2.13. The first-order chi connectivity index (χ1) is 10.7. The molecule has 0 saturated carbocycles. The van der Waals surface area contributed by atoms with Crippen molar-refractivity contribution in [2.75, 3.05) is 26.2 Å². The van der Waals surface area contributed by atoms with E-state index in [9.17, 15) is 4.39 Å². The minimum absolute atomic E-state index is 0.0982. The Morgan fingerprint density at radius 2 is 1.77 bits per heavy atom. The molecule has 0 amide bonds. The van der Waals surface area contributed by atoms with Crippen LogP contribution in [0.2, 0.25) is 0 Å².